The molecule has 0 radical (unpaired) electrons. The summed E-state index contributed by atoms with van der Waals surface area (Å²) >= 11 is 0. The third-order valence-corrected chi connectivity index (χ3v) is 7.62. The Morgan fingerprint density at radius 2 is 1.76 bits per heavy atom. The summed E-state index contributed by atoms with van der Waals surface area (Å²) in [6.45, 7) is 15.9. The molecule has 0 amide bonds. The maximum absolute atomic E-state index is 9.38. The van der Waals surface area contributed by atoms with Crippen molar-refractivity contribution in [3.63, 3.8) is 0 Å². The van der Waals surface area contributed by atoms with Gasteiger partial charge in [0.15, 0.2) is 12.5 Å². The molecule has 1 atom stereocenters. The Bertz CT molecular complexity index is 909. The SMILES string of the molecule is C=C1c2ccccc2C(OCCCO)(c2ccc(OCOCC[Si](C)(C)C)cc2)N1CCC. The second-order valence-electron chi connectivity index (χ2n) is 9.72. The Kier molecular flexibility index (Phi) is 8.76. The van der Waals surface area contributed by atoms with Gasteiger partial charge in [-0.3, -0.25) is 0 Å². The van der Waals surface area contributed by atoms with Crippen LogP contribution >= 0.6 is 0 Å². The van der Waals surface area contributed by atoms with Crippen LogP contribution in [0.25, 0.3) is 5.70 Å². The largest absolute Gasteiger partial charge is 0.468 e. The van der Waals surface area contributed by atoms with E-state index in [9.17, 15) is 5.11 Å². The van der Waals surface area contributed by atoms with E-state index in [4.69, 9.17) is 14.2 Å². The van der Waals surface area contributed by atoms with Gasteiger partial charge in [-0.25, -0.2) is 0 Å². The molecule has 6 heteroatoms. The molecule has 2 aromatic rings. The standard InChI is InChI=1S/C27H39NO4Si/c1-6-16-28-22(2)25-10-7-8-11-26(25)27(28,32-18-9-17-29)23-12-14-24(15-13-23)31-21-30-19-20-33(3,4)5/h7-8,10-15,29H,2,6,9,16-21H2,1,3-5H3. The lowest BCUT2D eigenvalue weighted by Gasteiger charge is -2.41. The van der Waals surface area contributed by atoms with Crippen molar-refractivity contribution in [1.29, 1.82) is 0 Å². The van der Waals surface area contributed by atoms with E-state index in [-0.39, 0.29) is 13.4 Å². The van der Waals surface area contributed by atoms with Gasteiger partial charge in [0, 0.05) is 50.2 Å². The minimum atomic E-state index is -1.10. The van der Waals surface area contributed by atoms with Gasteiger partial charge in [0.1, 0.15) is 5.75 Å². The van der Waals surface area contributed by atoms with Gasteiger partial charge >= 0.3 is 0 Å². The number of ether oxygens (including phenoxy) is 3. The number of fused-ring (bicyclic) bond motifs is 1. The molecular weight excluding hydrogens is 430 g/mol. The highest BCUT2D eigenvalue weighted by Gasteiger charge is 2.48. The van der Waals surface area contributed by atoms with E-state index >= 15 is 0 Å². The first-order valence-corrected chi connectivity index (χ1v) is 15.7. The lowest BCUT2D eigenvalue weighted by molar-refractivity contribution is -0.104. The third-order valence-electron chi connectivity index (χ3n) is 5.92. The van der Waals surface area contributed by atoms with E-state index in [1.54, 1.807) is 0 Å². The van der Waals surface area contributed by atoms with Crippen molar-refractivity contribution in [3.05, 3.63) is 71.8 Å². The van der Waals surface area contributed by atoms with Crippen LogP contribution in [0.4, 0.5) is 0 Å². The number of benzene rings is 2. The molecule has 1 heterocycles. The van der Waals surface area contributed by atoms with E-state index in [1.165, 1.54) is 0 Å². The normalized spacial score (nSPS) is 18.0. The number of hydrogen-bond donors (Lipinski definition) is 1. The van der Waals surface area contributed by atoms with Crippen LogP contribution in [-0.2, 0) is 15.2 Å². The van der Waals surface area contributed by atoms with Gasteiger partial charge < -0.3 is 24.2 Å². The van der Waals surface area contributed by atoms with Crippen LogP contribution in [0, 0.1) is 0 Å². The Morgan fingerprint density at radius 3 is 2.42 bits per heavy atom. The fourth-order valence-corrected chi connectivity index (χ4v) is 4.94. The molecule has 0 aromatic heterocycles. The maximum Gasteiger partial charge on any atom is 0.194 e. The number of aliphatic hydroxyl groups is 1. The van der Waals surface area contributed by atoms with Gasteiger partial charge in [0.2, 0.25) is 0 Å². The number of hydrogen-bond acceptors (Lipinski definition) is 5. The van der Waals surface area contributed by atoms with E-state index in [2.05, 4.69) is 62.3 Å². The zero-order valence-electron chi connectivity index (χ0n) is 20.6. The van der Waals surface area contributed by atoms with Crippen LogP contribution < -0.4 is 4.74 Å². The fraction of sp³-hybridized carbons (Fsp3) is 0.481. The maximum atomic E-state index is 9.38. The van der Waals surface area contributed by atoms with Gasteiger partial charge in [-0.1, -0.05) is 69.5 Å². The van der Waals surface area contributed by atoms with Gasteiger partial charge in [-0.15, -0.1) is 0 Å². The third kappa shape index (κ3) is 5.87. The van der Waals surface area contributed by atoms with Gasteiger partial charge in [0.25, 0.3) is 0 Å². The summed E-state index contributed by atoms with van der Waals surface area (Å²) in [7, 11) is -1.10. The predicted octanol–water partition coefficient (Wildman–Crippen LogP) is 5.67. The average molecular weight is 470 g/mol. The number of aliphatic hydroxyl groups excluding tert-OH is 1. The smallest absolute Gasteiger partial charge is 0.194 e. The summed E-state index contributed by atoms with van der Waals surface area (Å²) in [6.07, 6.45) is 1.54. The summed E-state index contributed by atoms with van der Waals surface area (Å²) < 4.78 is 18.1. The molecule has 2 aromatic carbocycles. The first kappa shape index (κ1) is 25.5. The van der Waals surface area contributed by atoms with Crippen LogP contribution in [0.5, 0.6) is 5.75 Å². The Hall–Kier alpha value is -2.12. The van der Waals surface area contributed by atoms with E-state index in [0.29, 0.717) is 13.0 Å². The lowest BCUT2D eigenvalue weighted by atomic mass is 9.93. The van der Waals surface area contributed by atoms with E-state index in [1.807, 2.05) is 24.3 Å². The molecule has 0 saturated heterocycles. The monoisotopic (exact) mass is 469 g/mol. The quantitative estimate of drug-likeness (QED) is 0.233. The summed E-state index contributed by atoms with van der Waals surface area (Å²) in [5, 5.41) is 9.38. The molecule has 180 valence electrons. The van der Waals surface area contributed by atoms with Crippen LogP contribution in [0.1, 0.15) is 36.5 Å². The van der Waals surface area contributed by atoms with Crippen molar-refractivity contribution in [2.75, 3.05) is 33.2 Å². The molecule has 1 aliphatic heterocycles. The van der Waals surface area contributed by atoms with Crippen molar-refractivity contribution in [3.8, 4) is 5.75 Å². The minimum Gasteiger partial charge on any atom is -0.468 e. The molecule has 0 spiro atoms. The van der Waals surface area contributed by atoms with Crippen molar-refractivity contribution in [2.24, 2.45) is 0 Å². The Balaban J connectivity index is 1.84. The van der Waals surface area contributed by atoms with E-state index in [0.717, 1.165) is 53.8 Å². The molecule has 0 bridgehead atoms. The molecule has 0 aliphatic carbocycles. The summed E-state index contributed by atoms with van der Waals surface area (Å²) in [5.41, 5.74) is 3.40. The molecule has 1 aliphatic rings. The van der Waals surface area contributed by atoms with Crippen molar-refractivity contribution in [1.82, 2.24) is 4.90 Å². The van der Waals surface area contributed by atoms with Crippen molar-refractivity contribution in [2.45, 2.75) is 51.2 Å². The Labute approximate surface area is 200 Å². The van der Waals surface area contributed by atoms with Crippen LogP contribution in [-0.4, -0.2) is 51.2 Å². The van der Waals surface area contributed by atoms with Crippen LogP contribution in [0.15, 0.2) is 55.1 Å². The second-order valence-corrected chi connectivity index (χ2v) is 15.3. The molecule has 33 heavy (non-hydrogen) atoms. The highest BCUT2D eigenvalue weighted by Crippen LogP contribution is 2.50. The summed E-state index contributed by atoms with van der Waals surface area (Å²) in [5.74, 6) is 0.768. The first-order valence-electron chi connectivity index (χ1n) is 12.0. The topological polar surface area (TPSA) is 51.2 Å². The molecule has 5 nitrogen and oxygen atoms in total. The molecule has 0 saturated carbocycles. The van der Waals surface area contributed by atoms with E-state index < -0.39 is 13.8 Å². The highest BCUT2D eigenvalue weighted by molar-refractivity contribution is 6.76. The average Bonchev–Trinajstić information content (AvgIpc) is 3.03. The summed E-state index contributed by atoms with van der Waals surface area (Å²) in [4.78, 5) is 2.25. The second kappa shape index (κ2) is 11.3. The number of rotatable bonds is 13. The molecular formula is C27H39NO4Si. The first-order chi connectivity index (χ1) is 15.8. The molecule has 1 N–H and O–H groups in total. The van der Waals surface area contributed by atoms with Gasteiger partial charge in [0.05, 0.1) is 6.61 Å². The van der Waals surface area contributed by atoms with Crippen LogP contribution in [0.3, 0.4) is 0 Å². The molecule has 3 rings (SSSR count). The summed E-state index contributed by atoms with van der Waals surface area (Å²) in [6, 6.07) is 17.5. The van der Waals surface area contributed by atoms with Gasteiger partial charge in [-0.05, 0) is 31.0 Å². The predicted molar refractivity (Wildman–Crippen MR) is 137 cm³/mol. The zero-order valence-corrected chi connectivity index (χ0v) is 21.6. The minimum absolute atomic E-state index is 0.0942. The van der Waals surface area contributed by atoms with Crippen LogP contribution in [0.2, 0.25) is 25.7 Å². The van der Waals surface area contributed by atoms with Gasteiger partial charge in [-0.2, -0.15) is 0 Å². The lowest BCUT2D eigenvalue weighted by Crippen LogP contribution is -2.44. The molecule has 0 fully saturated rings. The Morgan fingerprint density at radius 1 is 1.03 bits per heavy atom. The van der Waals surface area contributed by atoms with Crippen molar-refractivity contribution >= 4 is 13.8 Å². The van der Waals surface area contributed by atoms with Crippen molar-refractivity contribution < 1.29 is 19.3 Å². The zero-order chi connectivity index (χ0) is 23.9. The highest BCUT2D eigenvalue weighted by atomic mass is 28.3. The number of nitrogens with zero attached hydrogens (tertiary/aromatic N) is 1. The fourth-order valence-electron chi connectivity index (χ4n) is 4.19. The molecule has 1 unspecified atom stereocenters.